The molecule has 0 radical (unpaired) electrons. The monoisotopic (exact) mass is 151 g/mol. The molecule has 60 valence electrons. The third-order valence-electron chi connectivity index (χ3n) is 1.55. The van der Waals surface area contributed by atoms with E-state index in [-0.39, 0.29) is 13.1 Å². The van der Waals surface area contributed by atoms with Gasteiger partial charge in [0.25, 0.3) is 0 Å². The molecule has 10 heavy (non-hydrogen) atoms. The minimum absolute atomic E-state index is 0.288. The summed E-state index contributed by atoms with van der Waals surface area (Å²) in [5, 5.41) is 11.9. The molecule has 0 spiro atoms. The normalized spacial score (nSPS) is 24.0. The SMILES string of the molecule is CC(F)(F)CC1(O)CNC1. The third kappa shape index (κ3) is 1.88. The second kappa shape index (κ2) is 2.13. The highest BCUT2D eigenvalue weighted by molar-refractivity contribution is 4.95. The molecule has 4 heteroatoms. The average molecular weight is 151 g/mol. The number of hydrogen-bond donors (Lipinski definition) is 2. The number of rotatable bonds is 2. The van der Waals surface area contributed by atoms with Gasteiger partial charge < -0.3 is 10.4 Å². The van der Waals surface area contributed by atoms with Gasteiger partial charge in [0, 0.05) is 19.5 Å². The summed E-state index contributed by atoms with van der Waals surface area (Å²) in [4.78, 5) is 0. The van der Waals surface area contributed by atoms with E-state index in [4.69, 9.17) is 0 Å². The first-order chi connectivity index (χ1) is 4.41. The summed E-state index contributed by atoms with van der Waals surface area (Å²) in [6, 6.07) is 0. The summed E-state index contributed by atoms with van der Waals surface area (Å²) in [7, 11) is 0. The molecule has 1 saturated heterocycles. The molecule has 0 amide bonds. The van der Waals surface area contributed by atoms with E-state index in [1.54, 1.807) is 0 Å². The lowest BCUT2D eigenvalue weighted by molar-refractivity contribution is -0.100. The molecule has 0 bridgehead atoms. The van der Waals surface area contributed by atoms with Crippen molar-refractivity contribution in [1.82, 2.24) is 5.32 Å². The molecule has 1 fully saturated rings. The van der Waals surface area contributed by atoms with E-state index < -0.39 is 17.9 Å². The van der Waals surface area contributed by atoms with Crippen molar-refractivity contribution in [3.8, 4) is 0 Å². The highest BCUT2D eigenvalue weighted by Crippen LogP contribution is 2.27. The molecule has 0 aromatic carbocycles. The molecule has 0 saturated carbocycles. The molecule has 1 aliphatic rings. The number of nitrogens with one attached hydrogen (secondary N) is 1. The fraction of sp³-hybridized carbons (Fsp3) is 1.00. The van der Waals surface area contributed by atoms with Crippen LogP contribution in [0.3, 0.4) is 0 Å². The van der Waals surface area contributed by atoms with E-state index in [2.05, 4.69) is 5.32 Å². The molecular weight excluding hydrogens is 140 g/mol. The first-order valence-corrected chi connectivity index (χ1v) is 3.22. The standard InChI is InChI=1S/C6H11F2NO/c1-5(7,8)2-6(10)3-9-4-6/h9-10H,2-4H2,1H3. The number of halogens is 2. The van der Waals surface area contributed by atoms with Crippen LogP contribution in [0.4, 0.5) is 8.78 Å². The Morgan fingerprint density at radius 2 is 2.10 bits per heavy atom. The molecule has 2 nitrogen and oxygen atoms in total. The van der Waals surface area contributed by atoms with E-state index in [9.17, 15) is 13.9 Å². The molecule has 1 aliphatic heterocycles. The number of aliphatic hydroxyl groups is 1. The molecule has 0 atom stereocenters. The Morgan fingerprint density at radius 1 is 1.60 bits per heavy atom. The molecule has 0 aromatic heterocycles. The van der Waals surface area contributed by atoms with Crippen LogP contribution in [-0.4, -0.2) is 29.7 Å². The van der Waals surface area contributed by atoms with Crippen LogP contribution in [0.1, 0.15) is 13.3 Å². The highest BCUT2D eigenvalue weighted by atomic mass is 19.3. The van der Waals surface area contributed by atoms with Crippen LogP contribution in [0.2, 0.25) is 0 Å². The lowest BCUT2D eigenvalue weighted by atomic mass is 9.90. The van der Waals surface area contributed by atoms with Crippen LogP contribution in [0.25, 0.3) is 0 Å². The number of β-amino-alcohol motifs (C(OH)–C–C–N with tert-alkyl or cyclic N) is 1. The minimum Gasteiger partial charge on any atom is -0.387 e. The summed E-state index contributed by atoms with van der Waals surface area (Å²) >= 11 is 0. The fourth-order valence-corrected chi connectivity index (χ4v) is 1.12. The summed E-state index contributed by atoms with van der Waals surface area (Å²) < 4.78 is 24.5. The Hall–Kier alpha value is -0.220. The van der Waals surface area contributed by atoms with E-state index in [0.717, 1.165) is 6.92 Å². The van der Waals surface area contributed by atoms with Gasteiger partial charge in [0.15, 0.2) is 0 Å². The van der Waals surface area contributed by atoms with Gasteiger partial charge in [-0.15, -0.1) is 0 Å². The van der Waals surface area contributed by atoms with Crippen molar-refractivity contribution in [2.24, 2.45) is 0 Å². The van der Waals surface area contributed by atoms with Crippen molar-refractivity contribution >= 4 is 0 Å². The predicted molar refractivity (Wildman–Crippen MR) is 33.1 cm³/mol. The average Bonchev–Trinajstić information content (AvgIpc) is 1.57. The Balaban J connectivity index is 2.37. The maximum Gasteiger partial charge on any atom is 0.248 e. The maximum atomic E-state index is 12.3. The van der Waals surface area contributed by atoms with Gasteiger partial charge >= 0.3 is 0 Å². The Morgan fingerprint density at radius 3 is 2.20 bits per heavy atom. The van der Waals surface area contributed by atoms with Crippen molar-refractivity contribution in [3.63, 3.8) is 0 Å². The quantitative estimate of drug-likeness (QED) is 0.597. The van der Waals surface area contributed by atoms with Gasteiger partial charge in [-0.2, -0.15) is 0 Å². The first-order valence-electron chi connectivity index (χ1n) is 3.22. The summed E-state index contributed by atoms with van der Waals surface area (Å²) in [6.45, 7) is 1.40. The zero-order valence-electron chi connectivity index (χ0n) is 5.82. The van der Waals surface area contributed by atoms with Crippen molar-refractivity contribution in [3.05, 3.63) is 0 Å². The predicted octanol–water partition coefficient (Wildman–Crippen LogP) is 0.366. The summed E-state index contributed by atoms with van der Waals surface area (Å²) in [5.74, 6) is -2.75. The van der Waals surface area contributed by atoms with E-state index in [1.807, 2.05) is 0 Å². The Bertz CT molecular complexity index is 128. The number of alkyl halides is 2. The van der Waals surface area contributed by atoms with Crippen LogP contribution < -0.4 is 5.32 Å². The molecule has 1 rings (SSSR count). The zero-order chi connectivity index (χ0) is 7.83. The van der Waals surface area contributed by atoms with Gasteiger partial charge in [0.05, 0.1) is 5.60 Å². The molecular formula is C6H11F2NO. The summed E-state index contributed by atoms with van der Waals surface area (Å²) in [5.41, 5.74) is -1.15. The van der Waals surface area contributed by atoms with Crippen molar-refractivity contribution in [1.29, 1.82) is 0 Å². The smallest absolute Gasteiger partial charge is 0.248 e. The van der Waals surface area contributed by atoms with Crippen molar-refractivity contribution in [2.45, 2.75) is 24.9 Å². The van der Waals surface area contributed by atoms with Gasteiger partial charge in [0.2, 0.25) is 5.92 Å². The van der Waals surface area contributed by atoms with Crippen LogP contribution in [0.15, 0.2) is 0 Å². The van der Waals surface area contributed by atoms with Crippen LogP contribution in [0.5, 0.6) is 0 Å². The topological polar surface area (TPSA) is 32.3 Å². The second-order valence-corrected chi connectivity index (χ2v) is 3.07. The van der Waals surface area contributed by atoms with Crippen LogP contribution in [0, 0.1) is 0 Å². The van der Waals surface area contributed by atoms with Crippen molar-refractivity contribution in [2.75, 3.05) is 13.1 Å². The molecule has 2 N–H and O–H groups in total. The third-order valence-corrected chi connectivity index (χ3v) is 1.55. The first kappa shape index (κ1) is 7.88. The Kier molecular flexibility index (Phi) is 1.68. The van der Waals surface area contributed by atoms with Crippen LogP contribution >= 0.6 is 0 Å². The second-order valence-electron chi connectivity index (χ2n) is 3.07. The van der Waals surface area contributed by atoms with E-state index >= 15 is 0 Å². The van der Waals surface area contributed by atoms with Crippen molar-refractivity contribution < 1.29 is 13.9 Å². The zero-order valence-corrected chi connectivity index (χ0v) is 5.82. The largest absolute Gasteiger partial charge is 0.387 e. The summed E-state index contributed by atoms with van der Waals surface area (Å²) in [6.07, 6.45) is -0.438. The van der Waals surface area contributed by atoms with Gasteiger partial charge in [-0.05, 0) is 6.92 Å². The van der Waals surface area contributed by atoms with E-state index in [0.29, 0.717) is 0 Å². The van der Waals surface area contributed by atoms with Crippen LogP contribution in [-0.2, 0) is 0 Å². The highest BCUT2D eigenvalue weighted by Gasteiger charge is 2.41. The Labute approximate surface area is 58.2 Å². The lowest BCUT2D eigenvalue weighted by Crippen LogP contribution is -2.61. The maximum absolute atomic E-state index is 12.3. The molecule has 0 unspecified atom stereocenters. The molecule has 0 aromatic rings. The number of hydrogen-bond acceptors (Lipinski definition) is 2. The van der Waals surface area contributed by atoms with Gasteiger partial charge in [-0.3, -0.25) is 0 Å². The fourth-order valence-electron chi connectivity index (χ4n) is 1.12. The minimum atomic E-state index is -2.75. The van der Waals surface area contributed by atoms with Gasteiger partial charge in [0.1, 0.15) is 0 Å². The molecule has 1 heterocycles. The molecule has 0 aliphatic carbocycles. The lowest BCUT2D eigenvalue weighted by Gasteiger charge is -2.39. The van der Waals surface area contributed by atoms with Gasteiger partial charge in [-0.1, -0.05) is 0 Å². The van der Waals surface area contributed by atoms with E-state index in [1.165, 1.54) is 0 Å². The van der Waals surface area contributed by atoms with Gasteiger partial charge in [-0.25, -0.2) is 8.78 Å².